The molecule has 8 nitrogen and oxygen atoms in total. The Balaban J connectivity index is 2.22. The van der Waals surface area contributed by atoms with Crippen LogP contribution in [0.25, 0.3) is 11.0 Å². The topological polar surface area (TPSA) is 105 Å². The van der Waals surface area contributed by atoms with Crippen molar-refractivity contribution in [2.24, 2.45) is 0 Å². The van der Waals surface area contributed by atoms with Crippen molar-refractivity contribution in [1.82, 2.24) is 9.55 Å². The number of Topliss-reactive ketones (excluding diaryl/α,β-unsaturated/α-hetero) is 1. The summed E-state index contributed by atoms with van der Waals surface area (Å²) in [5, 5.41) is -0.120. The molecule has 0 bridgehead atoms. The molecule has 0 spiro atoms. The molecule has 166 valence electrons. The zero-order valence-electron chi connectivity index (χ0n) is 18.2. The quantitative estimate of drug-likeness (QED) is 0.510. The number of carbonyl (C=O) groups is 3. The molecule has 1 aliphatic carbocycles. The Kier molecular flexibility index (Phi) is 5.98. The maximum Gasteiger partial charge on any atom is 0.343 e. The molecule has 0 saturated heterocycles. The van der Waals surface area contributed by atoms with Gasteiger partial charge in [-0.05, 0) is 53.5 Å². The van der Waals surface area contributed by atoms with Crippen LogP contribution in [0.5, 0.6) is 0 Å². The number of hydrogen-bond acceptors (Lipinski definition) is 7. The van der Waals surface area contributed by atoms with Gasteiger partial charge in [-0.3, -0.25) is 14.4 Å². The predicted molar refractivity (Wildman–Crippen MR) is 109 cm³/mol. The lowest BCUT2D eigenvalue weighted by molar-refractivity contribution is -0.158. The first kappa shape index (κ1) is 22.6. The highest BCUT2D eigenvalue weighted by atomic mass is 19.1. The maximum atomic E-state index is 15.0. The second-order valence-corrected chi connectivity index (χ2v) is 8.53. The van der Waals surface area contributed by atoms with Crippen LogP contribution in [0.4, 0.5) is 4.39 Å². The van der Waals surface area contributed by atoms with E-state index in [9.17, 15) is 19.2 Å². The second kappa shape index (κ2) is 8.20. The summed E-state index contributed by atoms with van der Waals surface area (Å²) < 4.78 is 26.9. The molecule has 1 fully saturated rings. The molecule has 0 aromatic carbocycles. The summed E-state index contributed by atoms with van der Waals surface area (Å²) in [7, 11) is 0. The van der Waals surface area contributed by atoms with E-state index in [1.807, 2.05) is 0 Å². The Bertz CT molecular complexity index is 1130. The molecule has 1 atom stereocenters. The maximum absolute atomic E-state index is 15.0. The molecular formula is C22H25FN2O6. The lowest BCUT2D eigenvalue weighted by Crippen LogP contribution is -2.32. The summed E-state index contributed by atoms with van der Waals surface area (Å²) >= 11 is 0. The van der Waals surface area contributed by atoms with Crippen LogP contribution in [-0.2, 0) is 19.1 Å². The van der Waals surface area contributed by atoms with E-state index in [1.54, 1.807) is 32.3 Å². The van der Waals surface area contributed by atoms with E-state index in [-0.39, 0.29) is 29.2 Å². The van der Waals surface area contributed by atoms with Crippen molar-refractivity contribution >= 4 is 28.8 Å². The summed E-state index contributed by atoms with van der Waals surface area (Å²) in [5.74, 6) is -4.93. The molecular weight excluding hydrogens is 407 g/mol. The zero-order chi connectivity index (χ0) is 23.1. The number of rotatable bonds is 6. The standard InChI is InChI=1S/C22H25FN2O6/c1-6-30-20(28)14-10-25(12-7-8-12)19-13(18(14)27)9-15(23)17(24-19)16(11(2)26)21(29)31-22(3,4)5/h9-10,12,16H,6-8H2,1-5H3. The minimum atomic E-state index is -1.57. The first-order chi connectivity index (χ1) is 14.4. The normalized spacial score (nSPS) is 14.9. The van der Waals surface area contributed by atoms with Crippen LogP contribution in [0.2, 0.25) is 0 Å². The fraction of sp³-hybridized carbons (Fsp3) is 0.500. The number of ether oxygens (including phenoxy) is 2. The molecule has 0 amide bonds. The molecule has 2 heterocycles. The Morgan fingerprint density at radius 1 is 1.29 bits per heavy atom. The van der Waals surface area contributed by atoms with Gasteiger partial charge in [0.05, 0.1) is 12.0 Å². The molecule has 2 aromatic rings. The third-order valence-electron chi connectivity index (χ3n) is 4.74. The molecule has 0 aliphatic heterocycles. The Morgan fingerprint density at radius 2 is 1.94 bits per heavy atom. The van der Waals surface area contributed by atoms with Gasteiger partial charge in [0.25, 0.3) is 0 Å². The molecule has 1 aliphatic rings. The molecule has 3 rings (SSSR count). The van der Waals surface area contributed by atoms with Crippen LogP contribution in [0, 0.1) is 5.82 Å². The summed E-state index contributed by atoms with van der Waals surface area (Å²) in [6, 6.07) is 0.890. The van der Waals surface area contributed by atoms with Gasteiger partial charge in [-0.1, -0.05) is 0 Å². The van der Waals surface area contributed by atoms with E-state index in [4.69, 9.17) is 9.47 Å². The summed E-state index contributed by atoms with van der Waals surface area (Å²) in [4.78, 5) is 54.2. The van der Waals surface area contributed by atoms with Crippen LogP contribution >= 0.6 is 0 Å². The molecule has 1 unspecified atom stereocenters. The van der Waals surface area contributed by atoms with Crippen molar-refractivity contribution in [3.05, 3.63) is 39.6 Å². The van der Waals surface area contributed by atoms with Crippen molar-refractivity contribution < 1.29 is 28.2 Å². The van der Waals surface area contributed by atoms with Gasteiger partial charge < -0.3 is 14.0 Å². The number of pyridine rings is 2. The smallest absolute Gasteiger partial charge is 0.343 e. The second-order valence-electron chi connectivity index (χ2n) is 8.53. The summed E-state index contributed by atoms with van der Waals surface area (Å²) in [6.45, 7) is 7.75. The van der Waals surface area contributed by atoms with Crippen molar-refractivity contribution in [3.8, 4) is 0 Å². The lowest BCUT2D eigenvalue weighted by Gasteiger charge is -2.23. The van der Waals surface area contributed by atoms with Gasteiger partial charge in [-0.25, -0.2) is 14.2 Å². The molecule has 9 heteroatoms. The monoisotopic (exact) mass is 432 g/mol. The average molecular weight is 432 g/mol. The average Bonchev–Trinajstić information content (AvgIpc) is 3.46. The van der Waals surface area contributed by atoms with Crippen molar-refractivity contribution in [3.63, 3.8) is 0 Å². The van der Waals surface area contributed by atoms with E-state index in [0.717, 1.165) is 25.8 Å². The number of fused-ring (bicyclic) bond motifs is 1. The summed E-state index contributed by atoms with van der Waals surface area (Å²) in [6.07, 6.45) is 2.93. The van der Waals surface area contributed by atoms with Gasteiger partial charge >= 0.3 is 11.9 Å². The third kappa shape index (κ3) is 4.65. The Hall–Kier alpha value is -3.10. The van der Waals surface area contributed by atoms with Gasteiger partial charge in [0.15, 0.2) is 5.92 Å². The first-order valence-corrected chi connectivity index (χ1v) is 10.1. The predicted octanol–water partition coefficient (Wildman–Crippen LogP) is 3.06. The number of carbonyl (C=O) groups excluding carboxylic acids is 3. The lowest BCUT2D eigenvalue weighted by atomic mass is 9.98. The molecule has 0 N–H and O–H groups in total. The van der Waals surface area contributed by atoms with Crippen molar-refractivity contribution in [2.75, 3.05) is 6.61 Å². The van der Waals surface area contributed by atoms with Crippen LogP contribution in [0.1, 0.15) is 75.5 Å². The van der Waals surface area contributed by atoms with Gasteiger partial charge in [0, 0.05) is 12.2 Å². The first-order valence-electron chi connectivity index (χ1n) is 10.1. The van der Waals surface area contributed by atoms with E-state index >= 15 is 4.39 Å². The minimum absolute atomic E-state index is 0.0283. The number of hydrogen-bond donors (Lipinski definition) is 0. The van der Waals surface area contributed by atoms with Crippen LogP contribution in [-0.4, -0.2) is 39.5 Å². The van der Waals surface area contributed by atoms with Crippen LogP contribution in [0.15, 0.2) is 17.1 Å². The van der Waals surface area contributed by atoms with Gasteiger partial charge in [-0.2, -0.15) is 0 Å². The molecule has 0 radical (unpaired) electrons. The zero-order valence-corrected chi connectivity index (χ0v) is 18.2. The van der Waals surface area contributed by atoms with E-state index in [1.165, 1.54) is 6.20 Å². The molecule has 1 saturated carbocycles. The fourth-order valence-electron chi connectivity index (χ4n) is 3.28. The largest absolute Gasteiger partial charge is 0.462 e. The van der Waals surface area contributed by atoms with Crippen LogP contribution < -0.4 is 5.43 Å². The van der Waals surface area contributed by atoms with Gasteiger partial charge in [-0.15, -0.1) is 0 Å². The number of nitrogens with zero attached hydrogens (tertiary/aromatic N) is 2. The number of esters is 2. The van der Waals surface area contributed by atoms with E-state index < -0.39 is 46.2 Å². The molecule has 2 aromatic heterocycles. The highest BCUT2D eigenvalue weighted by Crippen LogP contribution is 2.37. The number of ketones is 1. The van der Waals surface area contributed by atoms with Crippen molar-refractivity contribution in [1.29, 1.82) is 0 Å². The number of halogens is 1. The Morgan fingerprint density at radius 3 is 2.45 bits per heavy atom. The van der Waals surface area contributed by atoms with E-state index in [0.29, 0.717) is 0 Å². The van der Waals surface area contributed by atoms with E-state index in [2.05, 4.69) is 4.98 Å². The fourth-order valence-corrected chi connectivity index (χ4v) is 3.28. The highest BCUT2D eigenvalue weighted by Gasteiger charge is 2.35. The SMILES string of the molecule is CCOC(=O)c1cn(C2CC2)c2nc(C(C(C)=O)C(=O)OC(C)(C)C)c(F)cc2c1=O. The third-order valence-corrected chi connectivity index (χ3v) is 4.74. The van der Waals surface area contributed by atoms with Gasteiger partial charge in [0.1, 0.15) is 34.1 Å². The minimum Gasteiger partial charge on any atom is -0.462 e. The van der Waals surface area contributed by atoms with Crippen LogP contribution in [0.3, 0.4) is 0 Å². The van der Waals surface area contributed by atoms with Crippen molar-refractivity contribution in [2.45, 2.75) is 65.0 Å². The highest BCUT2D eigenvalue weighted by molar-refractivity contribution is 6.03. The molecule has 31 heavy (non-hydrogen) atoms. The van der Waals surface area contributed by atoms with Gasteiger partial charge in [0.2, 0.25) is 5.43 Å². The Labute approximate surface area is 178 Å². The number of aromatic nitrogens is 2. The summed E-state index contributed by atoms with van der Waals surface area (Å²) in [5.41, 5.74) is -2.13.